The molecule has 0 saturated heterocycles. The van der Waals surface area contributed by atoms with Crippen molar-refractivity contribution in [2.24, 2.45) is 5.73 Å². The Bertz CT molecular complexity index is 1400. The lowest BCUT2D eigenvalue weighted by Crippen LogP contribution is -2.17. The number of nitrogens with zero attached hydrogens (tertiary/aromatic N) is 3. The zero-order valence-electron chi connectivity index (χ0n) is 18.1. The van der Waals surface area contributed by atoms with Crippen molar-refractivity contribution >= 4 is 34.0 Å². The number of nitrogens with one attached hydrogen (secondary N) is 1. The summed E-state index contributed by atoms with van der Waals surface area (Å²) < 4.78 is 15.7. The largest absolute Gasteiger partial charge is 0.368 e. The summed E-state index contributed by atoms with van der Waals surface area (Å²) in [5.74, 6) is -0.881. The van der Waals surface area contributed by atoms with Gasteiger partial charge in [0.15, 0.2) is 0 Å². The molecule has 33 heavy (non-hydrogen) atoms. The van der Waals surface area contributed by atoms with Gasteiger partial charge in [-0.1, -0.05) is 31.2 Å². The number of hydrogen-bond acceptors (Lipinski definition) is 5. The highest BCUT2D eigenvalue weighted by atomic mass is 19.1. The third-order valence-corrected chi connectivity index (χ3v) is 5.48. The van der Waals surface area contributed by atoms with Crippen LogP contribution in [-0.2, 0) is 17.8 Å². The van der Waals surface area contributed by atoms with Gasteiger partial charge in [-0.2, -0.15) is 4.39 Å². The van der Waals surface area contributed by atoms with Gasteiger partial charge in [-0.05, 0) is 42.7 Å². The van der Waals surface area contributed by atoms with Crippen molar-refractivity contribution < 1.29 is 14.1 Å². The Balaban J connectivity index is 1.82. The molecule has 2 aromatic carbocycles. The fraction of sp³-hybridized carbons (Fsp3) is 0.167. The molecule has 0 aliphatic heterocycles. The van der Waals surface area contributed by atoms with Gasteiger partial charge in [0.05, 0.1) is 10.6 Å². The maximum atomic E-state index is 13.9. The number of primary amides is 1. The van der Waals surface area contributed by atoms with E-state index in [4.69, 9.17) is 10.7 Å². The first-order valence-corrected chi connectivity index (χ1v) is 10.4. The fourth-order valence-corrected chi connectivity index (χ4v) is 3.88. The van der Waals surface area contributed by atoms with Crippen LogP contribution in [-0.4, -0.2) is 20.4 Å². The van der Waals surface area contributed by atoms with Gasteiger partial charge in [0.25, 0.3) is 0 Å². The molecule has 0 aliphatic carbocycles. The average molecular weight is 447 g/mol. The van der Waals surface area contributed by atoms with Crippen molar-refractivity contribution in [2.45, 2.75) is 26.8 Å². The van der Waals surface area contributed by atoms with E-state index in [2.05, 4.69) is 5.32 Å². The Kier molecular flexibility index (Phi) is 5.78. The third-order valence-electron chi connectivity index (χ3n) is 5.48. The molecule has 2 heterocycles. The summed E-state index contributed by atoms with van der Waals surface area (Å²) in [6.45, 7) is 3.72. The number of carbonyl (C=O) groups is 1. The predicted molar refractivity (Wildman–Crippen MR) is 125 cm³/mol. The van der Waals surface area contributed by atoms with Gasteiger partial charge in [0.1, 0.15) is 12.4 Å². The quantitative estimate of drug-likeness (QED) is 0.310. The maximum Gasteiger partial charge on any atom is 0.306 e. The highest BCUT2D eigenvalue weighted by Crippen LogP contribution is 2.34. The summed E-state index contributed by atoms with van der Waals surface area (Å²) in [6.07, 6.45) is 2.58. The molecule has 8 nitrogen and oxygen atoms in total. The molecular formula is C24H22FN5O3. The minimum atomic E-state index is -0.889. The second kappa shape index (κ2) is 8.70. The normalized spacial score (nSPS) is 11.0. The number of nitrogens with two attached hydrogens (primary N) is 1. The molecule has 1 amide bonds. The molecule has 168 valence electrons. The summed E-state index contributed by atoms with van der Waals surface area (Å²) in [5.41, 5.74) is 9.13. The Morgan fingerprint density at radius 3 is 2.70 bits per heavy atom. The molecule has 9 heteroatoms. The molecule has 4 aromatic rings. The van der Waals surface area contributed by atoms with E-state index in [1.807, 2.05) is 43.5 Å². The smallest absolute Gasteiger partial charge is 0.306 e. The van der Waals surface area contributed by atoms with Crippen LogP contribution < -0.4 is 11.1 Å². The third kappa shape index (κ3) is 4.25. The number of amides is 1. The number of hydrogen-bond donors (Lipinski definition) is 2. The summed E-state index contributed by atoms with van der Waals surface area (Å²) in [4.78, 5) is 26.7. The van der Waals surface area contributed by atoms with E-state index in [1.165, 1.54) is 6.07 Å². The SMILES string of the molecule is CCc1ccc(Nc2cc([N+](=O)[O-])c(F)cc2C)nc1-c1cn(CC(N)=O)c2ccccc12. The zero-order chi connectivity index (χ0) is 23.7. The molecule has 0 unspecified atom stereocenters. The van der Waals surface area contributed by atoms with E-state index in [9.17, 15) is 19.3 Å². The van der Waals surface area contributed by atoms with Crippen LogP contribution in [0.25, 0.3) is 22.2 Å². The minimum absolute atomic E-state index is 0.0400. The van der Waals surface area contributed by atoms with Gasteiger partial charge < -0.3 is 15.6 Å². The first kappa shape index (κ1) is 21.9. The summed E-state index contributed by atoms with van der Waals surface area (Å²) in [6, 6.07) is 13.7. The number of aromatic nitrogens is 2. The van der Waals surface area contributed by atoms with Gasteiger partial charge >= 0.3 is 5.69 Å². The number of fused-ring (bicyclic) bond motifs is 1. The number of halogens is 1. The monoisotopic (exact) mass is 447 g/mol. The van der Waals surface area contributed by atoms with Crippen molar-refractivity contribution in [3.8, 4) is 11.3 Å². The number of rotatable bonds is 7. The molecule has 0 radical (unpaired) electrons. The number of carbonyl (C=O) groups excluding carboxylic acids is 1. The summed E-state index contributed by atoms with van der Waals surface area (Å²) in [7, 11) is 0. The van der Waals surface area contributed by atoms with Crippen LogP contribution in [0, 0.1) is 22.9 Å². The number of anilines is 2. The fourth-order valence-electron chi connectivity index (χ4n) is 3.88. The second-order valence-electron chi connectivity index (χ2n) is 7.71. The highest BCUT2D eigenvalue weighted by Gasteiger charge is 2.19. The number of aryl methyl sites for hydroxylation is 2. The molecule has 3 N–H and O–H groups in total. The highest BCUT2D eigenvalue weighted by molar-refractivity contribution is 5.96. The lowest BCUT2D eigenvalue weighted by Gasteiger charge is -2.13. The average Bonchev–Trinajstić information content (AvgIpc) is 3.13. The Hall–Kier alpha value is -4.27. The van der Waals surface area contributed by atoms with E-state index in [-0.39, 0.29) is 6.54 Å². The number of pyridine rings is 1. The van der Waals surface area contributed by atoms with Crippen molar-refractivity contribution in [3.63, 3.8) is 0 Å². The Morgan fingerprint density at radius 2 is 2.00 bits per heavy atom. The summed E-state index contributed by atoms with van der Waals surface area (Å²) >= 11 is 0. The van der Waals surface area contributed by atoms with E-state index in [1.54, 1.807) is 17.6 Å². The predicted octanol–water partition coefficient (Wildman–Crippen LogP) is 4.85. The van der Waals surface area contributed by atoms with Gasteiger partial charge in [-0.25, -0.2) is 4.98 Å². The van der Waals surface area contributed by atoms with Crippen molar-refractivity contribution in [3.05, 3.63) is 81.8 Å². The Morgan fingerprint density at radius 1 is 1.24 bits per heavy atom. The lowest BCUT2D eigenvalue weighted by atomic mass is 10.0. The van der Waals surface area contributed by atoms with Crippen LogP contribution in [0.4, 0.5) is 21.6 Å². The molecule has 0 saturated carbocycles. The molecule has 0 spiro atoms. The van der Waals surface area contributed by atoms with Crippen molar-refractivity contribution in [1.82, 2.24) is 9.55 Å². The number of benzene rings is 2. The Labute approximate surface area is 189 Å². The van der Waals surface area contributed by atoms with Crippen LogP contribution >= 0.6 is 0 Å². The van der Waals surface area contributed by atoms with Crippen LogP contribution in [0.2, 0.25) is 0 Å². The molecule has 0 bridgehead atoms. The van der Waals surface area contributed by atoms with Crippen molar-refractivity contribution in [2.75, 3.05) is 5.32 Å². The number of para-hydroxylation sites is 1. The molecule has 2 aromatic heterocycles. The van der Waals surface area contributed by atoms with Gasteiger partial charge in [0.2, 0.25) is 11.7 Å². The lowest BCUT2D eigenvalue weighted by molar-refractivity contribution is -0.387. The van der Waals surface area contributed by atoms with E-state index < -0.39 is 22.3 Å². The first-order chi connectivity index (χ1) is 15.8. The van der Waals surface area contributed by atoms with E-state index >= 15 is 0 Å². The van der Waals surface area contributed by atoms with Crippen LogP contribution in [0.15, 0.2) is 54.7 Å². The zero-order valence-corrected chi connectivity index (χ0v) is 18.1. The summed E-state index contributed by atoms with van der Waals surface area (Å²) in [5, 5.41) is 15.2. The number of nitro groups is 1. The second-order valence-corrected chi connectivity index (χ2v) is 7.71. The first-order valence-electron chi connectivity index (χ1n) is 10.4. The van der Waals surface area contributed by atoms with Crippen LogP contribution in [0.1, 0.15) is 18.1 Å². The van der Waals surface area contributed by atoms with E-state index in [0.29, 0.717) is 17.1 Å². The minimum Gasteiger partial charge on any atom is -0.368 e. The molecular weight excluding hydrogens is 425 g/mol. The van der Waals surface area contributed by atoms with Crippen LogP contribution in [0.5, 0.6) is 0 Å². The van der Waals surface area contributed by atoms with Crippen LogP contribution in [0.3, 0.4) is 0 Å². The molecule has 4 rings (SSSR count). The standard InChI is InChI=1S/C24H22FN5O3/c1-3-15-8-9-23(27-19-11-21(30(32)33)18(25)10-14(19)2)28-24(15)17-12-29(13-22(26)31)20-7-5-4-6-16(17)20/h4-12H,3,13H2,1-2H3,(H2,26,31)(H,27,28). The number of nitro benzene ring substituents is 1. The topological polar surface area (TPSA) is 116 Å². The molecule has 0 fully saturated rings. The molecule has 0 aliphatic rings. The maximum absolute atomic E-state index is 13.9. The van der Waals surface area contributed by atoms with Gasteiger partial charge in [-0.3, -0.25) is 14.9 Å². The van der Waals surface area contributed by atoms with E-state index in [0.717, 1.165) is 40.2 Å². The van der Waals surface area contributed by atoms with Gasteiger partial charge in [-0.15, -0.1) is 0 Å². The molecule has 0 atom stereocenters. The van der Waals surface area contributed by atoms with Gasteiger partial charge in [0, 0.05) is 34.4 Å². The van der Waals surface area contributed by atoms with Crippen molar-refractivity contribution in [1.29, 1.82) is 0 Å².